The van der Waals surface area contributed by atoms with E-state index in [1.165, 1.54) is 10.2 Å². The van der Waals surface area contributed by atoms with E-state index < -0.39 is 0 Å². The molecular formula is C3H11KSi. The van der Waals surface area contributed by atoms with Gasteiger partial charge in [-0.2, -0.15) is 0 Å². The van der Waals surface area contributed by atoms with Gasteiger partial charge in [0.1, 0.15) is 0 Å². The van der Waals surface area contributed by atoms with Gasteiger partial charge in [0.2, 0.25) is 0 Å². The minimum absolute atomic E-state index is 0. The van der Waals surface area contributed by atoms with Crippen LogP contribution in [0, 0.1) is 0 Å². The Morgan fingerprint density at radius 2 is 1.40 bits per heavy atom. The summed E-state index contributed by atoms with van der Waals surface area (Å²) in [5, 5.41) is 0. The molecule has 5 heavy (non-hydrogen) atoms. The Morgan fingerprint density at radius 1 is 1.40 bits per heavy atom. The van der Waals surface area contributed by atoms with Gasteiger partial charge in [-0.1, -0.05) is 19.4 Å². The van der Waals surface area contributed by atoms with Crippen molar-refractivity contribution in [1.29, 1.82) is 0 Å². The van der Waals surface area contributed by atoms with Crippen molar-refractivity contribution in [3.8, 4) is 0 Å². The fourth-order valence-corrected chi connectivity index (χ4v) is 0. The summed E-state index contributed by atoms with van der Waals surface area (Å²) in [4.78, 5) is 0. The first-order chi connectivity index (χ1) is 1.73. The Balaban J connectivity index is 0. The van der Waals surface area contributed by atoms with E-state index in [0.717, 1.165) is 5.54 Å². The van der Waals surface area contributed by atoms with Crippen molar-refractivity contribution in [1.82, 2.24) is 0 Å². The van der Waals surface area contributed by atoms with Crippen LogP contribution in [0.1, 0.15) is 13.8 Å². The van der Waals surface area contributed by atoms with E-state index in [9.17, 15) is 0 Å². The molecule has 0 amide bonds. The molecule has 0 aromatic carbocycles. The third-order valence-electron chi connectivity index (χ3n) is 0. The van der Waals surface area contributed by atoms with Crippen LogP contribution in [0.2, 0.25) is 5.54 Å². The summed E-state index contributed by atoms with van der Waals surface area (Å²) in [6, 6.07) is 0. The van der Waals surface area contributed by atoms with Crippen LogP contribution in [0.25, 0.3) is 0 Å². The van der Waals surface area contributed by atoms with Gasteiger partial charge in [-0.25, -0.2) is 0 Å². The van der Waals surface area contributed by atoms with Crippen LogP contribution in [0.15, 0.2) is 0 Å². The molecule has 0 aromatic rings. The van der Waals surface area contributed by atoms with E-state index in [-0.39, 0.29) is 51.4 Å². The van der Waals surface area contributed by atoms with Crippen LogP contribution >= 0.6 is 0 Å². The fourth-order valence-electron chi connectivity index (χ4n) is 0. The summed E-state index contributed by atoms with van der Waals surface area (Å²) in [7, 11) is 1.35. The predicted molar refractivity (Wildman–Crippen MR) is 32.2 cm³/mol. The van der Waals surface area contributed by atoms with Gasteiger partial charge in [0.05, 0.1) is 0 Å². The maximum atomic E-state index is 2.23. The zero-order chi connectivity index (χ0) is 3.58. The fraction of sp³-hybridized carbons (Fsp3) is 1.00. The molecule has 0 saturated heterocycles. The third kappa shape index (κ3) is 25.3. The molecule has 0 rings (SSSR count). The van der Waals surface area contributed by atoms with Crippen LogP contribution in [0.4, 0.5) is 0 Å². The van der Waals surface area contributed by atoms with Gasteiger partial charge in [-0.05, 0) is 0 Å². The van der Waals surface area contributed by atoms with Crippen molar-refractivity contribution in [3.05, 3.63) is 0 Å². The molecule has 28 valence electrons. The summed E-state index contributed by atoms with van der Waals surface area (Å²) < 4.78 is 0. The van der Waals surface area contributed by atoms with Crippen molar-refractivity contribution in [2.45, 2.75) is 19.4 Å². The first kappa shape index (κ1) is 9.97. The van der Waals surface area contributed by atoms with Crippen molar-refractivity contribution in [3.63, 3.8) is 0 Å². The third-order valence-corrected chi connectivity index (χ3v) is 0. The van der Waals surface area contributed by atoms with Gasteiger partial charge in [0.15, 0.2) is 0 Å². The topological polar surface area (TPSA) is 0 Å². The minimum atomic E-state index is 0. The molecule has 0 aliphatic carbocycles. The van der Waals surface area contributed by atoms with Crippen LogP contribution in [0.5, 0.6) is 0 Å². The van der Waals surface area contributed by atoms with E-state index in [1.807, 2.05) is 0 Å². The molecule has 0 aliphatic heterocycles. The molecule has 0 atom stereocenters. The van der Waals surface area contributed by atoms with E-state index in [1.54, 1.807) is 0 Å². The standard InChI is InChI=1S/C3H10Si.K.H/c1-3(2)4;;/h3H,1-2,4H3;;. The quantitative estimate of drug-likeness (QED) is 0.374. The Bertz CT molecular complexity index is 11.6. The van der Waals surface area contributed by atoms with Crippen LogP contribution in [-0.2, 0) is 0 Å². The zero-order valence-corrected chi connectivity index (χ0v) is 5.58. The molecule has 0 aliphatic rings. The van der Waals surface area contributed by atoms with Crippen LogP contribution < -0.4 is 0 Å². The molecular weight excluding hydrogens is 103 g/mol. The second-order valence-electron chi connectivity index (χ2n) is 1.73. The Kier molecular flexibility index (Phi) is 11.7. The summed E-state index contributed by atoms with van der Waals surface area (Å²) >= 11 is 0. The summed E-state index contributed by atoms with van der Waals surface area (Å²) in [5.74, 6) is 0. The number of rotatable bonds is 0. The normalized spacial score (nSPS) is 7.80. The van der Waals surface area contributed by atoms with Gasteiger partial charge in [-0.3, -0.25) is 0 Å². The summed E-state index contributed by atoms with van der Waals surface area (Å²) in [6.45, 7) is 4.46. The Morgan fingerprint density at radius 3 is 1.40 bits per heavy atom. The molecule has 0 bridgehead atoms. The molecule has 0 aromatic heterocycles. The zero-order valence-electron chi connectivity index (χ0n) is 3.58. The molecule has 0 spiro atoms. The molecule has 0 radical (unpaired) electrons. The van der Waals surface area contributed by atoms with Crippen LogP contribution in [-0.4, -0.2) is 61.6 Å². The first-order valence-electron chi connectivity index (χ1n) is 1.73. The average molecular weight is 114 g/mol. The van der Waals surface area contributed by atoms with E-state index in [0.29, 0.717) is 0 Å². The molecule has 0 heterocycles. The first-order valence-corrected chi connectivity index (χ1v) is 2.89. The summed E-state index contributed by atoms with van der Waals surface area (Å²) in [6.07, 6.45) is 0. The van der Waals surface area contributed by atoms with E-state index in [2.05, 4.69) is 13.8 Å². The van der Waals surface area contributed by atoms with Gasteiger partial charge >= 0.3 is 51.4 Å². The van der Waals surface area contributed by atoms with Gasteiger partial charge in [0.25, 0.3) is 0 Å². The Hall–Kier alpha value is 1.85. The molecule has 0 nitrogen and oxygen atoms in total. The van der Waals surface area contributed by atoms with Crippen LogP contribution in [0.3, 0.4) is 0 Å². The maximum absolute atomic E-state index is 2.23. The molecule has 0 fully saturated rings. The monoisotopic (exact) mass is 114 g/mol. The van der Waals surface area contributed by atoms with Crippen molar-refractivity contribution >= 4 is 61.6 Å². The van der Waals surface area contributed by atoms with Gasteiger partial charge in [0, 0.05) is 10.2 Å². The predicted octanol–water partition coefficient (Wildman–Crippen LogP) is -0.468. The van der Waals surface area contributed by atoms with Crippen molar-refractivity contribution < 1.29 is 0 Å². The number of hydrogen-bond acceptors (Lipinski definition) is 0. The molecule has 0 saturated carbocycles. The second-order valence-corrected chi connectivity index (χ2v) is 4.04. The SMILES string of the molecule is CC(C)[SiH3].[KH]. The average Bonchev–Trinajstić information content (AvgIpc) is 0.811. The second kappa shape index (κ2) is 5.85. The Labute approximate surface area is 79.6 Å². The van der Waals surface area contributed by atoms with Gasteiger partial charge in [-0.15, -0.1) is 0 Å². The number of hydrogen-bond donors (Lipinski definition) is 0. The van der Waals surface area contributed by atoms with Crippen molar-refractivity contribution in [2.24, 2.45) is 0 Å². The summed E-state index contributed by atoms with van der Waals surface area (Å²) in [5.41, 5.74) is 0.972. The van der Waals surface area contributed by atoms with E-state index >= 15 is 0 Å². The molecule has 2 heteroatoms. The molecule has 0 N–H and O–H groups in total. The van der Waals surface area contributed by atoms with Crippen molar-refractivity contribution in [2.75, 3.05) is 0 Å². The van der Waals surface area contributed by atoms with Gasteiger partial charge < -0.3 is 0 Å². The van der Waals surface area contributed by atoms with E-state index in [4.69, 9.17) is 0 Å². The molecule has 0 unspecified atom stereocenters.